The van der Waals surface area contributed by atoms with Crippen LogP contribution in [0.25, 0.3) is 22.1 Å². The Hall–Kier alpha value is -4.18. The van der Waals surface area contributed by atoms with Crippen molar-refractivity contribution in [2.45, 2.75) is 13.3 Å². The average Bonchev–Trinajstić information content (AvgIpc) is 3.16. The van der Waals surface area contributed by atoms with Crippen molar-refractivity contribution in [3.8, 4) is 6.07 Å². The van der Waals surface area contributed by atoms with Crippen molar-refractivity contribution in [2.24, 2.45) is 4.99 Å². The Balaban J connectivity index is 1.72. The number of hydrogen-bond acceptors (Lipinski definition) is 6. The molecule has 0 saturated carbocycles. The van der Waals surface area contributed by atoms with E-state index in [1.807, 2.05) is 49.4 Å². The fourth-order valence-corrected chi connectivity index (χ4v) is 2.99. The van der Waals surface area contributed by atoms with Crippen LogP contribution in [-0.2, 0) is 6.42 Å². The van der Waals surface area contributed by atoms with E-state index in [-0.39, 0.29) is 0 Å². The Bertz CT molecular complexity index is 1310. The topological polar surface area (TPSA) is 92.1 Å². The van der Waals surface area contributed by atoms with Crippen molar-refractivity contribution in [1.29, 1.82) is 5.26 Å². The monoisotopic (exact) mass is 379 g/mol. The molecule has 4 rings (SSSR count). The maximum Gasteiger partial charge on any atom is 0.177 e. The summed E-state index contributed by atoms with van der Waals surface area (Å²) in [6, 6.07) is 15.8. The minimum absolute atomic E-state index is 0.586. The summed E-state index contributed by atoms with van der Waals surface area (Å²) in [6.07, 6.45) is 8.80. The van der Waals surface area contributed by atoms with Gasteiger partial charge in [-0.05, 0) is 48.9 Å². The molecule has 0 bridgehead atoms. The van der Waals surface area contributed by atoms with Crippen molar-refractivity contribution >= 4 is 28.3 Å². The minimum atomic E-state index is 0.586. The molecule has 29 heavy (non-hydrogen) atoms. The van der Waals surface area contributed by atoms with Crippen LogP contribution < -0.4 is 0 Å². The molecule has 0 aliphatic rings. The van der Waals surface area contributed by atoms with Crippen LogP contribution in [0.1, 0.15) is 24.0 Å². The molecular weight excluding hydrogens is 362 g/mol. The highest BCUT2D eigenvalue weighted by Gasteiger charge is 2.10. The number of rotatable bonds is 5. The van der Waals surface area contributed by atoms with Crippen LogP contribution in [0, 0.1) is 11.3 Å². The smallest absolute Gasteiger partial charge is 0.177 e. The van der Waals surface area contributed by atoms with E-state index in [0.29, 0.717) is 17.8 Å². The number of hydrogen-bond donors (Lipinski definition) is 0. The average molecular weight is 379 g/mol. The Labute approximate surface area is 167 Å². The molecule has 0 radical (unpaired) electrons. The Kier molecular flexibility index (Phi) is 5.16. The number of nitriles is 1. The van der Waals surface area contributed by atoms with Crippen molar-refractivity contribution in [3.05, 3.63) is 84.1 Å². The summed E-state index contributed by atoms with van der Waals surface area (Å²) in [6.45, 7) is 1.83. The quantitative estimate of drug-likeness (QED) is 0.299. The molecule has 0 aliphatic heterocycles. The minimum Gasteiger partial charge on any atom is -0.269 e. The molecule has 3 aromatic heterocycles. The van der Waals surface area contributed by atoms with Crippen molar-refractivity contribution in [2.75, 3.05) is 0 Å². The van der Waals surface area contributed by atoms with Gasteiger partial charge < -0.3 is 0 Å². The first-order valence-corrected chi connectivity index (χ1v) is 9.08. The van der Waals surface area contributed by atoms with Crippen LogP contribution in [0.5, 0.6) is 0 Å². The molecule has 0 aliphatic carbocycles. The number of aliphatic imine (C=N–C) groups is 1. The predicted octanol–water partition coefficient (Wildman–Crippen LogP) is 3.77. The summed E-state index contributed by atoms with van der Waals surface area (Å²) < 4.78 is 1.73. The molecule has 7 heteroatoms. The van der Waals surface area contributed by atoms with E-state index in [1.165, 1.54) is 6.08 Å². The molecule has 0 atom stereocenters. The van der Waals surface area contributed by atoms with Crippen LogP contribution in [0.2, 0.25) is 0 Å². The maximum atomic E-state index is 8.86. The summed E-state index contributed by atoms with van der Waals surface area (Å²) in [5, 5.41) is 23.1. The molecule has 0 amide bonds. The Morgan fingerprint density at radius 3 is 3.00 bits per heavy atom. The zero-order valence-electron chi connectivity index (χ0n) is 15.8. The number of fused-ring (bicyclic) bond motifs is 2. The molecule has 140 valence electrons. The summed E-state index contributed by atoms with van der Waals surface area (Å²) in [5.41, 5.74) is 4.12. The van der Waals surface area contributed by atoms with Crippen molar-refractivity contribution in [3.63, 3.8) is 0 Å². The van der Waals surface area contributed by atoms with Gasteiger partial charge in [-0.15, -0.1) is 10.2 Å². The first kappa shape index (κ1) is 18.2. The van der Waals surface area contributed by atoms with Gasteiger partial charge in [0.1, 0.15) is 0 Å². The Morgan fingerprint density at radius 2 is 2.14 bits per heavy atom. The lowest BCUT2D eigenvalue weighted by Gasteiger charge is -2.05. The van der Waals surface area contributed by atoms with E-state index in [2.05, 4.69) is 31.3 Å². The summed E-state index contributed by atoms with van der Waals surface area (Å²) >= 11 is 0. The number of allylic oxidation sites excluding steroid dienone is 3. The van der Waals surface area contributed by atoms with Crippen LogP contribution >= 0.6 is 0 Å². The van der Waals surface area contributed by atoms with Crippen LogP contribution in [0.3, 0.4) is 0 Å². The highest BCUT2D eigenvalue weighted by Crippen LogP contribution is 2.18. The van der Waals surface area contributed by atoms with Crippen LogP contribution in [0.15, 0.2) is 72.0 Å². The summed E-state index contributed by atoms with van der Waals surface area (Å²) in [7, 11) is 0. The number of pyridine rings is 1. The van der Waals surface area contributed by atoms with E-state index in [1.54, 1.807) is 29.2 Å². The van der Waals surface area contributed by atoms with Gasteiger partial charge in [0, 0.05) is 42.1 Å². The van der Waals surface area contributed by atoms with Gasteiger partial charge in [0.15, 0.2) is 11.5 Å². The molecule has 0 N–H and O–H groups in total. The third-order valence-electron chi connectivity index (χ3n) is 4.35. The third-order valence-corrected chi connectivity index (χ3v) is 4.35. The van der Waals surface area contributed by atoms with Gasteiger partial charge in [-0.3, -0.25) is 9.98 Å². The summed E-state index contributed by atoms with van der Waals surface area (Å²) in [4.78, 5) is 8.51. The predicted molar refractivity (Wildman–Crippen MR) is 112 cm³/mol. The normalized spacial score (nSPS) is 12.3. The molecule has 0 saturated heterocycles. The highest BCUT2D eigenvalue weighted by molar-refractivity contribution is 5.79. The molecular formula is C22H17N7. The van der Waals surface area contributed by atoms with Gasteiger partial charge in [-0.2, -0.15) is 14.9 Å². The lowest BCUT2D eigenvalue weighted by atomic mass is 10.1. The molecule has 0 spiro atoms. The van der Waals surface area contributed by atoms with Gasteiger partial charge >= 0.3 is 0 Å². The van der Waals surface area contributed by atoms with Gasteiger partial charge in [0.25, 0.3) is 0 Å². The molecule has 7 nitrogen and oxygen atoms in total. The first-order valence-electron chi connectivity index (χ1n) is 9.08. The van der Waals surface area contributed by atoms with Gasteiger partial charge in [0.05, 0.1) is 17.3 Å². The Morgan fingerprint density at radius 1 is 1.21 bits per heavy atom. The zero-order valence-corrected chi connectivity index (χ0v) is 15.8. The first-order chi connectivity index (χ1) is 14.3. The maximum absolute atomic E-state index is 8.86. The molecule has 0 unspecified atom stereocenters. The molecule has 3 heterocycles. The van der Waals surface area contributed by atoms with Crippen LogP contribution in [-0.4, -0.2) is 31.0 Å². The van der Waals surface area contributed by atoms with E-state index >= 15 is 0 Å². The van der Waals surface area contributed by atoms with Crippen LogP contribution in [0.4, 0.5) is 0 Å². The largest absolute Gasteiger partial charge is 0.269 e. The second-order valence-corrected chi connectivity index (χ2v) is 6.27. The molecule has 1 aromatic carbocycles. The van der Waals surface area contributed by atoms with E-state index < -0.39 is 0 Å². The van der Waals surface area contributed by atoms with Crippen molar-refractivity contribution in [1.82, 2.24) is 24.8 Å². The van der Waals surface area contributed by atoms with Gasteiger partial charge in [-0.1, -0.05) is 12.1 Å². The van der Waals surface area contributed by atoms with E-state index in [0.717, 1.165) is 27.9 Å². The zero-order chi connectivity index (χ0) is 20.1. The van der Waals surface area contributed by atoms with E-state index in [4.69, 9.17) is 5.26 Å². The fourth-order valence-electron chi connectivity index (χ4n) is 2.99. The van der Waals surface area contributed by atoms with Gasteiger partial charge in [0.2, 0.25) is 0 Å². The SMILES string of the molecule is C\C=N/C=C(\C=C\C#N)c1ccc2nnc(Cc3ccc4ncccc4c3)n2n1. The summed E-state index contributed by atoms with van der Waals surface area (Å²) in [5.74, 6) is 0.729. The number of nitrogens with zero attached hydrogens (tertiary/aromatic N) is 7. The second kappa shape index (κ2) is 8.23. The van der Waals surface area contributed by atoms with Crippen molar-refractivity contribution < 1.29 is 0 Å². The van der Waals surface area contributed by atoms with Gasteiger partial charge in [-0.25, -0.2) is 0 Å². The second-order valence-electron chi connectivity index (χ2n) is 6.27. The highest BCUT2D eigenvalue weighted by atomic mass is 15.4. The lowest BCUT2D eigenvalue weighted by molar-refractivity contribution is 0.832. The standard InChI is InChI=1S/C22H17N7/c1-2-24-15-18(5-3-11-23)20-9-10-21-26-27-22(29(21)28-20)14-16-7-8-19-17(13-16)6-4-12-25-19/h2-10,12-13,15H,14H2,1H3/b5-3+,18-15+,24-2-. The third kappa shape index (κ3) is 3.92. The molecule has 4 aromatic rings. The fraction of sp³-hybridized carbons (Fsp3) is 0.0909. The number of benzene rings is 1. The molecule has 0 fully saturated rings. The number of aromatic nitrogens is 5. The van der Waals surface area contributed by atoms with E-state index in [9.17, 15) is 0 Å². The lowest BCUT2D eigenvalue weighted by Crippen LogP contribution is -2.02.